The number of carbonyl (C=O) groups excluding carboxylic acids is 3. The summed E-state index contributed by atoms with van der Waals surface area (Å²) < 4.78 is 26.3. The first-order valence-electron chi connectivity index (χ1n) is 10.1. The summed E-state index contributed by atoms with van der Waals surface area (Å²) in [5.74, 6) is -2.75. The molecule has 0 aromatic rings. The summed E-state index contributed by atoms with van der Waals surface area (Å²) in [5.41, 5.74) is 0.964. The zero-order chi connectivity index (χ0) is 23.2. The van der Waals surface area contributed by atoms with E-state index in [1.54, 1.807) is 6.08 Å². The van der Waals surface area contributed by atoms with Crippen molar-refractivity contribution in [1.29, 1.82) is 0 Å². The van der Waals surface area contributed by atoms with Crippen LogP contribution in [0.5, 0.6) is 0 Å². The summed E-state index contributed by atoms with van der Waals surface area (Å²) in [6.45, 7) is 0.537. The van der Waals surface area contributed by atoms with Gasteiger partial charge in [-0.05, 0) is 11.6 Å². The molecule has 0 aromatic heterocycles. The Bertz CT molecular complexity index is 848. The average Bonchev–Trinajstić information content (AvgIpc) is 3.26. The van der Waals surface area contributed by atoms with Crippen LogP contribution in [0.1, 0.15) is 13.3 Å². The Kier molecular flexibility index (Phi) is 6.23. The van der Waals surface area contributed by atoms with E-state index in [9.17, 15) is 34.8 Å². The molecule has 1 aliphatic carbocycles. The van der Waals surface area contributed by atoms with Crippen LogP contribution < -0.4 is 0 Å². The second-order valence-electron chi connectivity index (χ2n) is 8.08. The molecule has 12 nitrogen and oxygen atoms in total. The van der Waals surface area contributed by atoms with Crippen molar-refractivity contribution >= 4 is 17.9 Å². The van der Waals surface area contributed by atoms with Crippen LogP contribution in [-0.2, 0) is 38.1 Å². The lowest BCUT2D eigenvalue weighted by Crippen LogP contribution is -2.59. The van der Waals surface area contributed by atoms with Crippen molar-refractivity contribution in [1.82, 2.24) is 0 Å². The van der Waals surface area contributed by atoms with E-state index in [4.69, 9.17) is 23.7 Å². The molecule has 0 aromatic carbocycles. The molecule has 4 N–H and O–H groups in total. The van der Waals surface area contributed by atoms with Gasteiger partial charge in [0.2, 0.25) is 6.29 Å². The van der Waals surface area contributed by atoms with Gasteiger partial charge in [0.15, 0.2) is 0 Å². The molecular weight excluding hydrogens is 432 g/mol. The monoisotopic (exact) mass is 456 g/mol. The third-order valence-electron chi connectivity index (χ3n) is 6.06. The van der Waals surface area contributed by atoms with Crippen molar-refractivity contribution in [2.75, 3.05) is 13.2 Å². The van der Waals surface area contributed by atoms with Gasteiger partial charge in [0.05, 0.1) is 24.9 Å². The summed E-state index contributed by atoms with van der Waals surface area (Å²) in [4.78, 5) is 35.9. The fraction of sp³-hybridized carbons (Fsp3) is 0.650. The van der Waals surface area contributed by atoms with E-state index >= 15 is 0 Å². The summed E-state index contributed by atoms with van der Waals surface area (Å²) >= 11 is 0. The lowest BCUT2D eigenvalue weighted by molar-refractivity contribution is -0.293. The highest BCUT2D eigenvalue weighted by Crippen LogP contribution is 2.49. The van der Waals surface area contributed by atoms with Gasteiger partial charge < -0.3 is 44.1 Å². The normalized spacial score (nSPS) is 39.9. The minimum absolute atomic E-state index is 0.0561. The maximum absolute atomic E-state index is 12.6. The molecule has 0 saturated carbocycles. The first-order chi connectivity index (χ1) is 15.2. The molecule has 4 rings (SSSR count). The predicted molar refractivity (Wildman–Crippen MR) is 99.0 cm³/mol. The van der Waals surface area contributed by atoms with Crippen LogP contribution >= 0.6 is 0 Å². The second-order valence-corrected chi connectivity index (χ2v) is 8.08. The summed E-state index contributed by atoms with van der Waals surface area (Å²) in [6.07, 6.45) is -6.58. The first-order valence-corrected chi connectivity index (χ1v) is 10.1. The van der Waals surface area contributed by atoms with Gasteiger partial charge in [-0.3, -0.25) is 9.59 Å². The zero-order valence-electron chi connectivity index (χ0n) is 17.0. The number of rotatable bonds is 6. The van der Waals surface area contributed by atoms with Gasteiger partial charge in [-0.1, -0.05) is 0 Å². The molecule has 3 heterocycles. The van der Waals surface area contributed by atoms with E-state index in [0.717, 1.165) is 0 Å². The third-order valence-corrected chi connectivity index (χ3v) is 6.06. The molecule has 32 heavy (non-hydrogen) atoms. The number of hydrogen-bond acceptors (Lipinski definition) is 12. The number of ether oxygens (including phenoxy) is 5. The Morgan fingerprint density at radius 2 is 1.84 bits per heavy atom. The molecule has 176 valence electrons. The highest BCUT2D eigenvalue weighted by atomic mass is 16.7. The number of esters is 3. The molecule has 2 saturated heterocycles. The molecule has 3 unspecified atom stereocenters. The van der Waals surface area contributed by atoms with Crippen molar-refractivity contribution in [2.24, 2.45) is 11.8 Å². The third kappa shape index (κ3) is 3.99. The molecule has 0 radical (unpaired) electrons. The van der Waals surface area contributed by atoms with Gasteiger partial charge in [0.1, 0.15) is 43.2 Å². The Balaban J connectivity index is 1.46. The van der Waals surface area contributed by atoms with Crippen molar-refractivity contribution < 1.29 is 58.5 Å². The van der Waals surface area contributed by atoms with E-state index in [-0.39, 0.29) is 13.0 Å². The zero-order valence-corrected chi connectivity index (χ0v) is 17.0. The fourth-order valence-corrected chi connectivity index (χ4v) is 4.52. The van der Waals surface area contributed by atoms with Gasteiger partial charge in [-0.15, -0.1) is 0 Å². The molecule has 12 heteroatoms. The van der Waals surface area contributed by atoms with Crippen LogP contribution in [0.15, 0.2) is 23.5 Å². The number of aliphatic hydroxyl groups excluding tert-OH is 4. The van der Waals surface area contributed by atoms with Crippen LogP contribution in [0.2, 0.25) is 0 Å². The number of carbonyl (C=O) groups is 3. The van der Waals surface area contributed by atoms with E-state index in [0.29, 0.717) is 11.1 Å². The molecule has 2 fully saturated rings. The molecule has 4 aliphatic rings. The van der Waals surface area contributed by atoms with Gasteiger partial charge in [-0.25, -0.2) is 4.79 Å². The maximum Gasteiger partial charge on any atom is 0.338 e. The van der Waals surface area contributed by atoms with E-state index in [2.05, 4.69) is 0 Å². The quantitative estimate of drug-likeness (QED) is 0.190. The number of aliphatic hydroxyl groups is 4. The molecule has 3 aliphatic heterocycles. The SMILES string of the molecule is CC(=O)OCC1=CC2OC(=O)C3=CO[C@@H](CC(=O)O[C@@H]4O[C@H](CO)[C@@H](O)[C@H](O)[C@H]4O)C1C32. The van der Waals surface area contributed by atoms with Crippen LogP contribution in [0.3, 0.4) is 0 Å². The summed E-state index contributed by atoms with van der Waals surface area (Å²) in [7, 11) is 0. The Labute approximate surface area is 181 Å². The van der Waals surface area contributed by atoms with Crippen molar-refractivity contribution in [2.45, 2.75) is 56.3 Å². The largest absolute Gasteiger partial charge is 0.496 e. The topological polar surface area (TPSA) is 178 Å². The van der Waals surface area contributed by atoms with Crippen molar-refractivity contribution in [3.8, 4) is 0 Å². The predicted octanol–water partition coefficient (Wildman–Crippen LogP) is -2.34. The lowest BCUT2D eigenvalue weighted by Gasteiger charge is -2.39. The standard InChI is InChI=1S/C20H24O12/c1-7(22)28-5-8-2-11-15-9(19(27)30-11)6-29-10(14(8)15)3-13(23)32-20-18(26)17(25)16(24)12(4-21)31-20/h2,6,10-12,14-18,20-21,24-26H,3-5H2,1H3/t10-,11?,12+,14?,15?,16+,17-,18+,20-/m0/s1. The molecule has 9 atom stereocenters. The van der Waals surface area contributed by atoms with Gasteiger partial charge in [0, 0.05) is 18.8 Å². The molecule has 0 bridgehead atoms. The summed E-state index contributed by atoms with van der Waals surface area (Å²) in [5, 5.41) is 39.0. The van der Waals surface area contributed by atoms with Crippen molar-refractivity contribution in [3.63, 3.8) is 0 Å². The van der Waals surface area contributed by atoms with Gasteiger partial charge in [0.25, 0.3) is 0 Å². The minimum Gasteiger partial charge on any atom is -0.496 e. The number of hydrogen-bond donors (Lipinski definition) is 4. The maximum atomic E-state index is 12.6. The van der Waals surface area contributed by atoms with E-state index < -0.39 is 79.3 Å². The molecular formula is C20H24O12. The van der Waals surface area contributed by atoms with Crippen LogP contribution in [0.4, 0.5) is 0 Å². The van der Waals surface area contributed by atoms with E-state index in [1.807, 2.05) is 0 Å². The van der Waals surface area contributed by atoms with Crippen LogP contribution in [-0.4, -0.2) is 94.5 Å². The lowest BCUT2D eigenvalue weighted by atomic mass is 9.79. The van der Waals surface area contributed by atoms with Crippen LogP contribution in [0.25, 0.3) is 0 Å². The Morgan fingerprint density at radius 3 is 2.53 bits per heavy atom. The fourth-order valence-electron chi connectivity index (χ4n) is 4.52. The highest BCUT2D eigenvalue weighted by molar-refractivity contribution is 5.92. The highest BCUT2D eigenvalue weighted by Gasteiger charge is 2.55. The molecule has 0 amide bonds. The van der Waals surface area contributed by atoms with Gasteiger partial charge >= 0.3 is 17.9 Å². The first kappa shape index (κ1) is 22.7. The van der Waals surface area contributed by atoms with Crippen molar-refractivity contribution in [3.05, 3.63) is 23.5 Å². The van der Waals surface area contributed by atoms with Crippen LogP contribution in [0, 0.1) is 11.8 Å². The smallest absolute Gasteiger partial charge is 0.338 e. The minimum atomic E-state index is -1.73. The van der Waals surface area contributed by atoms with E-state index in [1.165, 1.54) is 13.2 Å². The summed E-state index contributed by atoms with van der Waals surface area (Å²) in [6, 6.07) is 0. The Morgan fingerprint density at radius 1 is 1.09 bits per heavy atom. The van der Waals surface area contributed by atoms with Gasteiger partial charge in [-0.2, -0.15) is 0 Å². The average molecular weight is 456 g/mol. The molecule has 0 spiro atoms. The Hall–Kier alpha value is -2.51. The second kappa shape index (κ2) is 8.79.